The van der Waals surface area contributed by atoms with Crippen molar-refractivity contribution in [3.63, 3.8) is 0 Å². The van der Waals surface area contributed by atoms with Gasteiger partial charge in [-0.1, -0.05) is 13.0 Å². The summed E-state index contributed by atoms with van der Waals surface area (Å²) in [6.07, 6.45) is 0. The van der Waals surface area contributed by atoms with Gasteiger partial charge in [-0.3, -0.25) is 0 Å². The van der Waals surface area contributed by atoms with Crippen LogP contribution in [0.1, 0.15) is 44.1 Å². The van der Waals surface area contributed by atoms with Gasteiger partial charge in [-0.15, -0.1) is 0 Å². The Morgan fingerprint density at radius 1 is 1.26 bits per heavy atom. The molecule has 0 bridgehead atoms. The van der Waals surface area contributed by atoms with Crippen LogP contribution >= 0.6 is 0 Å². The molecule has 1 aliphatic rings. The smallest absolute Gasteiger partial charge is 0.113 e. The minimum absolute atomic E-state index is 0.457. The number of benzene rings is 1. The summed E-state index contributed by atoms with van der Waals surface area (Å²) in [5, 5.41) is 3.37. The van der Waals surface area contributed by atoms with Crippen LogP contribution in [0.15, 0.2) is 18.2 Å². The molecule has 0 saturated carbocycles. The van der Waals surface area contributed by atoms with Gasteiger partial charge >= 0.3 is 0 Å². The Labute approximate surface area is 115 Å². The van der Waals surface area contributed by atoms with Gasteiger partial charge in [-0.2, -0.15) is 0 Å². The standard InChI is InChI=1S/C16H23N3/c1-10(2)19-15-6-5-11(3)7-14(15)18-16(19)12(4)13-8-17-9-13/h5-7,10,12-13,17H,8-9H2,1-4H3. The third kappa shape index (κ3) is 2.06. The molecular weight excluding hydrogens is 234 g/mol. The first-order valence-electron chi connectivity index (χ1n) is 7.27. The van der Waals surface area contributed by atoms with Crippen LogP contribution in [0.5, 0.6) is 0 Å². The molecule has 2 heterocycles. The minimum atomic E-state index is 0.457. The van der Waals surface area contributed by atoms with Crippen LogP contribution in [0, 0.1) is 12.8 Å². The molecule has 1 aliphatic heterocycles. The molecule has 1 saturated heterocycles. The zero-order valence-corrected chi connectivity index (χ0v) is 12.3. The van der Waals surface area contributed by atoms with Gasteiger partial charge < -0.3 is 9.88 Å². The maximum atomic E-state index is 4.93. The lowest BCUT2D eigenvalue weighted by molar-refractivity contribution is 0.289. The van der Waals surface area contributed by atoms with Gasteiger partial charge in [0.25, 0.3) is 0 Å². The lowest BCUT2D eigenvalue weighted by Crippen LogP contribution is -2.45. The SMILES string of the molecule is Cc1ccc2c(c1)nc(C(C)C1CNC1)n2C(C)C. The molecule has 3 heteroatoms. The van der Waals surface area contributed by atoms with E-state index in [4.69, 9.17) is 4.98 Å². The highest BCUT2D eigenvalue weighted by atomic mass is 15.1. The monoisotopic (exact) mass is 257 g/mol. The van der Waals surface area contributed by atoms with Crippen molar-refractivity contribution in [3.05, 3.63) is 29.6 Å². The van der Waals surface area contributed by atoms with Gasteiger partial charge in [0, 0.05) is 12.0 Å². The van der Waals surface area contributed by atoms with E-state index in [1.165, 1.54) is 16.9 Å². The molecular formula is C16H23N3. The first-order chi connectivity index (χ1) is 9.08. The number of aromatic nitrogens is 2. The molecule has 3 rings (SSSR count). The largest absolute Gasteiger partial charge is 0.325 e. The van der Waals surface area contributed by atoms with Gasteiger partial charge in [0.1, 0.15) is 5.82 Å². The van der Waals surface area contributed by atoms with Crippen molar-refractivity contribution in [3.8, 4) is 0 Å². The van der Waals surface area contributed by atoms with E-state index in [0.717, 1.165) is 24.5 Å². The zero-order chi connectivity index (χ0) is 13.6. The molecule has 1 atom stereocenters. The number of fused-ring (bicyclic) bond motifs is 1. The Morgan fingerprint density at radius 2 is 2.00 bits per heavy atom. The Bertz CT molecular complexity index is 593. The minimum Gasteiger partial charge on any atom is -0.325 e. The predicted molar refractivity (Wildman–Crippen MR) is 79.6 cm³/mol. The summed E-state index contributed by atoms with van der Waals surface area (Å²) in [4.78, 5) is 4.93. The van der Waals surface area contributed by atoms with Crippen molar-refractivity contribution in [2.75, 3.05) is 13.1 Å². The molecule has 19 heavy (non-hydrogen) atoms. The number of nitrogens with zero attached hydrogens (tertiary/aromatic N) is 2. The Kier molecular flexibility index (Phi) is 3.09. The fourth-order valence-corrected chi connectivity index (χ4v) is 2.97. The summed E-state index contributed by atoms with van der Waals surface area (Å²) in [5.41, 5.74) is 3.70. The molecule has 2 aromatic rings. The number of imidazole rings is 1. The van der Waals surface area contributed by atoms with E-state index < -0.39 is 0 Å². The normalized spacial score (nSPS) is 17.9. The molecule has 1 aromatic carbocycles. The van der Waals surface area contributed by atoms with Gasteiger partial charge in [0.15, 0.2) is 0 Å². The first kappa shape index (κ1) is 12.7. The van der Waals surface area contributed by atoms with Crippen molar-refractivity contribution in [2.45, 2.75) is 39.7 Å². The Balaban J connectivity index is 2.13. The maximum Gasteiger partial charge on any atom is 0.113 e. The summed E-state index contributed by atoms with van der Waals surface area (Å²) in [7, 11) is 0. The molecule has 0 spiro atoms. The third-order valence-corrected chi connectivity index (χ3v) is 4.32. The van der Waals surface area contributed by atoms with Crippen LogP contribution in [0.2, 0.25) is 0 Å². The van der Waals surface area contributed by atoms with E-state index in [9.17, 15) is 0 Å². The van der Waals surface area contributed by atoms with E-state index in [1.54, 1.807) is 0 Å². The van der Waals surface area contributed by atoms with E-state index in [-0.39, 0.29) is 0 Å². The van der Waals surface area contributed by atoms with Crippen molar-refractivity contribution in [2.24, 2.45) is 5.92 Å². The molecule has 1 aromatic heterocycles. The number of rotatable bonds is 3. The number of hydrogen-bond acceptors (Lipinski definition) is 2. The van der Waals surface area contributed by atoms with E-state index >= 15 is 0 Å². The van der Waals surface area contributed by atoms with E-state index in [0.29, 0.717) is 12.0 Å². The molecule has 0 aliphatic carbocycles. The number of hydrogen-bond donors (Lipinski definition) is 1. The lowest BCUT2D eigenvalue weighted by atomic mass is 9.88. The molecule has 0 amide bonds. The van der Waals surface area contributed by atoms with Gasteiger partial charge in [-0.05, 0) is 57.5 Å². The summed E-state index contributed by atoms with van der Waals surface area (Å²) in [6.45, 7) is 11.2. The fraction of sp³-hybridized carbons (Fsp3) is 0.562. The summed E-state index contributed by atoms with van der Waals surface area (Å²) >= 11 is 0. The summed E-state index contributed by atoms with van der Waals surface area (Å²) < 4.78 is 2.41. The highest BCUT2D eigenvalue weighted by molar-refractivity contribution is 5.77. The molecule has 1 N–H and O–H groups in total. The second kappa shape index (κ2) is 4.64. The molecule has 1 fully saturated rings. The zero-order valence-electron chi connectivity index (χ0n) is 12.3. The third-order valence-electron chi connectivity index (χ3n) is 4.32. The van der Waals surface area contributed by atoms with Crippen LogP contribution in [0.25, 0.3) is 11.0 Å². The highest BCUT2D eigenvalue weighted by Gasteiger charge is 2.29. The molecule has 1 unspecified atom stereocenters. The molecule has 3 nitrogen and oxygen atoms in total. The molecule has 0 radical (unpaired) electrons. The number of aryl methyl sites for hydroxylation is 1. The second-order valence-electron chi connectivity index (χ2n) is 6.13. The van der Waals surface area contributed by atoms with Crippen LogP contribution in [0.3, 0.4) is 0 Å². The van der Waals surface area contributed by atoms with E-state index in [2.05, 4.69) is 55.8 Å². The Morgan fingerprint density at radius 3 is 2.58 bits per heavy atom. The average Bonchev–Trinajstić information content (AvgIpc) is 2.64. The predicted octanol–water partition coefficient (Wildman–Crippen LogP) is 3.25. The Hall–Kier alpha value is -1.35. The van der Waals surface area contributed by atoms with Gasteiger partial charge in [0.2, 0.25) is 0 Å². The van der Waals surface area contributed by atoms with Crippen molar-refractivity contribution in [1.29, 1.82) is 0 Å². The average molecular weight is 257 g/mol. The summed E-state index contributed by atoms with van der Waals surface area (Å²) in [6, 6.07) is 7.05. The topological polar surface area (TPSA) is 29.9 Å². The lowest BCUT2D eigenvalue weighted by Gasteiger charge is -2.33. The highest BCUT2D eigenvalue weighted by Crippen LogP contribution is 2.31. The van der Waals surface area contributed by atoms with Crippen LogP contribution < -0.4 is 5.32 Å². The van der Waals surface area contributed by atoms with Gasteiger partial charge in [0.05, 0.1) is 11.0 Å². The molecule has 102 valence electrons. The van der Waals surface area contributed by atoms with Gasteiger partial charge in [-0.25, -0.2) is 4.98 Å². The summed E-state index contributed by atoms with van der Waals surface area (Å²) in [5.74, 6) is 2.51. The fourth-order valence-electron chi connectivity index (χ4n) is 2.97. The van der Waals surface area contributed by atoms with Crippen LogP contribution in [-0.2, 0) is 0 Å². The van der Waals surface area contributed by atoms with Crippen molar-refractivity contribution < 1.29 is 0 Å². The van der Waals surface area contributed by atoms with Crippen molar-refractivity contribution in [1.82, 2.24) is 14.9 Å². The van der Waals surface area contributed by atoms with Crippen molar-refractivity contribution >= 4 is 11.0 Å². The first-order valence-corrected chi connectivity index (χ1v) is 7.27. The maximum absolute atomic E-state index is 4.93. The number of nitrogens with one attached hydrogen (secondary N) is 1. The quantitative estimate of drug-likeness (QED) is 0.914. The second-order valence-corrected chi connectivity index (χ2v) is 6.13. The van der Waals surface area contributed by atoms with Crippen LogP contribution in [0.4, 0.5) is 0 Å². The van der Waals surface area contributed by atoms with E-state index in [1.807, 2.05) is 0 Å². The van der Waals surface area contributed by atoms with Crippen LogP contribution in [-0.4, -0.2) is 22.6 Å².